The van der Waals surface area contributed by atoms with Gasteiger partial charge in [-0.15, -0.1) is 5.10 Å². The van der Waals surface area contributed by atoms with Gasteiger partial charge >= 0.3 is 0 Å². The van der Waals surface area contributed by atoms with E-state index in [0.29, 0.717) is 24.9 Å². The fourth-order valence-electron chi connectivity index (χ4n) is 2.28. The van der Waals surface area contributed by atoms with Crippen LogP contribution in [0.4, 0.5) is 0 Å². The second-order valence-electron chi connectivity index (χ2n) is 5.20. The molecule has 1 saturated carbocycles. The third kappa shape index (κ3) is 2.86. The van der Waals surface area contributed by atoms with E-state index in [-0.39, 0.29) is 11.7 Å². The van der Waals surface area contributed by atoms with Crippen LogP contribution in [0.15, 0.2) is 0 Å². The highest BCUT2D eigenvalue weighted by atomic mass is 32.2. The molecule has 3 rings (SSSR count). The summed E-state index contributed by atoms with van der Waals surface area (Å²) in [6.07, 6.45) is 3.17. The van der Waals surface area contributed by atoms with Crippen LogP contribution in [-0.4, -0.2) is 46.2 Å². The second-order valence-corrected chi connectivity index (χ2v) is 7.43. The van der Waals surface area contributed by atoms with Crippen LogP contribution in [0.5, 0.6) is 0 Å². The van der Waals surface area contributed by atoms with Gasteiger partial charge in [0.25, 0.3) is 0 Å². The number of sulfone groups is 1. The molecular weight excluding hydrogens is 254 g/mol. The minimum atomic E-state index is -2.82. The minimum absolute atomic E-state index is 0.151. The molecule has 1 N–H and O–H groups in total. The molecule has 8 heteroatoms. The summed E-state index contributed by atoms with van der Waals surface area (Å²) in [6.45, 7) is 1.27. The minimum Gasteiger partial charge on any atom is -0.307 e. The molecule has 0 spiro atoms. The quantitative estimate of drug-likeness (QED) is 0.766. The first-order valence-electron chi connectivity index (χ1n) is 6.31. The molecule has 100 valence electrons. The van der Waals surface area contributed by atoms with Crippen LogP contribution < -0.4 is 5.32 Å². The molecule has 2 aliphatic rings. The normalized spacial score (nSPS) is 26.6. The number of aromatic nitrogens is 4. The van der Waals surface area contributed by atoms with E-state index in [1.54, 1.807) is 4.68 Å². The Morgan fingerprint density at radius 3 is 2.83 bits per heavy atom. The van der Waals surface area contributed by atoms with Crippen molar-refractivity contribution in [1.82, 2.24) is 25.5 Å². The Bertz CT molecular complexity index is 522. The largest absolute Gasteiger partial charge is 0.307 e. The Morgan fingerprint density at radius 1 is 1.33 bits per heavy atom. The van der Waals surface area contributed by atoms with Crippen LogP contribution >= 0.6 is 0 Å². The maximum absolute atomic E-state index is 11.4. The molecule has 1 atom stereocenters. The molecule has 18 heavy (non-hydrogen) atoms. The molecule has 7 nitrogen and oxygen atoms in total. The van der Waals surface area contributed by atoms with Gasteiger partial charge in [0.2, 0.25) is 0 Å². The SMILES string of the molecule is O=S1(=O)CCC(Cn2nnnc2CNC2CC2)C1. The Labute approximate surface area is 106 Å². The van der Waals surface area contributed by atoms with E-state index >= 15 is 0 Å². The third-order valence-corrected chi connectivity index (χ3v) is 5.33. The van der Waals surface area contributed by atoms with Crippen molar-refractivity contribution >= 4 is 9.84 Å². The van der Waals surface area contributed by atoms with Gasteiger partial charge in [0.15, 0.2) is 15.7 Å². The van der Waals surface area contributed by atoms with Gasteiger partial charge in [0.1, 0.15) is 0 Å². The highest BCUT2D eigenvalue weighted by Crippen LogP contribution is 2.21. The average molecular weight is 271 g/mol. The predicted octanol–water partition coefficient (Wildman–Crippen LogP) is -0.640. The molecule has 1 aromatic rings. The van der Waals surface area contributed by atoms with Crippen LogP contribution in [0, 0.1) is 5.92 Å². The smallest absolute Gasteiger partial charge is 0.165 e. The molecule has 0 aromatic carbocycles. The number of nitrogens with one attached hydrogen (secondary N) is 1. The first kappa shape index (κ1) is 12.0. The van der Waals surface area contributed by atoms with E-state index in [1.165, 1.54) is 12.8 Å². The average Bonchev–Trinajstić information content (AvgIpc) is 2.94. The Kier molecular flexibility index (Phi) is 3.06. The van der Waals surface area contributed by atoms with E-state index in [0.717, 1.165) is 12.2 Å². The lowest BCUT2D eigenvalue weighted by Gasteiger charge is -2.09. The molecule has 0 radical (unpaired) electrons. The first-order valence-corrected chi connectivity index (χ1v) is 8.13. The van der Waals surface area contributed by atoms with E-state index in [2.05, 4.69) is 20.8 Å². The van der Waals surface area contributed by atoms with Crippen molar-refractivity contribution in [1.29, 1.82) is 0 Å². The van der Waals surface area contributed by atoms with Crippen LogP contribution in [0.2, 0.25) is 0 Å². The van der Waals surface area contributed by atoms with Crippen molar-refractivity contribution in [2.24, 2.45) is 5.92 Å². The van der Waals surface area contributed by atoms with Crippen LogP contribution in [0.25, 0.3) is 0 Å². The predicted molar refractivity (Wildman–Crippen MR) is 64.4 cm³/mol. The lowest BCUT2D eigenvalue weighted by Crippen LogP contribution is -2.21. The third-order valence-electron chi connectivity index (χ3n) is 3.49. The fraction of sp³-hybridized carbons (Fsp3) is 0.900. The fourth-order valence-corrected chi connectivity index (χ4v) is 4.12. The molecule has 1 aliphatic heterocycles. The number of hydrogen-bond acceptors (Lipinski definition) is 6. The van der Waals surface area contributed by atoms with Crippen molar-refractivity contribution in [2.45, 2.75) is 38.4 Å². The molecule has 1 unspecified atom stereocenters. The van der Waals surface area contributed by atoms with E-state index < -0.39 is 9.84 Å². The summed E-state index contributed by atoms with van der Waals surface area (Å²) in [5.41, 5.74) is 0. The van der Waals surface area contributed by atoms with Crippen LogP contribution in [-0.2, 0) is 22.9 Å². The van der Waals surface area contributed by atoms with Gasteiger partial charge in [0, 0.05) is 12.6 Å². The van der Waals surface area contributed by atoms with E-state index in [1.807, 2.05) is 0 Å². The molecule has 0 amide bonds. The van der Waals surface area contributed by atoms with E-state index in [4.69, 9.17) is 0 Å². The molecule has 1 saturated heterocycles. The lowest BCUT2D eigenvalue weighted by atomic mass is 10.1. The summed E-state index contributed by atoms with van der Waals surface area (Å²) < 4.78 is 24.5. The summed E-state index contributed by atoms with van der Waals surface area (Å²) >= 11 is 0. The number of rotatable bonds is 5. The highest BCUT2D eigenvalue weighted by molar-refractivity contribution is 7.91. The van der Waals surface area contributed by atoms with Gasteiger partial charge in [-0.3, -0.25) is 0 Å². The Morgan fingerprint density at radius 2 is 2.17 bits per heavy atom. The van der Waals surface area contributed by atoms with Crippen LogP contribution in [0.1, 0.15) is 25.1 Å². The van der Waals surface area contributed by atoms with Gasteiger partial charge in [0.05, 0.1) is 18.1 Å². The zero-order valence-corrected chi connectivity index (χ0v) is 10.9. The molecule has 0 bridgehead atoms. The van der Waals surface area contributed by atoms with Crippen molar-refractivity contribution in [3.63, 3.8) is 0 Å². The maximum Gasteiger partial charge on any atom is 0.165 e. The Hall–Kier alpha value is -1.02. The highest BCUT2D eigenvalue weighted by Gasteiger charge is 2.29. The standard InChI is InChI=1S/C10H17N5O2S/c16-18(17)4-3-8(7-18)6-15-10(12-13-14-15)5-11-9-1-2-9/h8-9,11H,1-7H2. The summed E-state index contributed by atoms with van der Waals surface area (Å²) in [6, 6.07) is 0.613. The zero-order valence-electron chi connectivity index (χ0n) is 10.1. The van der Waals surface area contributed by atoms with Gasteiger partial charge in [-0.25, -0.2) is 13.1 Å². The van der Waals surface area contributed by atoms with Crippen molar-refractivity contribution in [3.05, 3.63) is 5.82 Å². The maximum atomic E-state index is 11.4. The topological polar surface area (TPSA) is 89.8 Å². The van der Waals surface area contributed by atoms with Gasteiger partial charge < -0.3 is 5.32 Å². The van der Waals surface area contributed by atoms with Gasteiger partial charge in [-0.2, -0.15) is 0 Å². The van der Waals surface area contributed by atoms with Gasteiger partial charge in [-0.1, -0.05) is 0 Å². The van der Waals surface area contributed by atoms with Crippen molar-refractivity contribution in [2.75, 3.05) is 11.5 Å². The Balaban J connectivity index is 1.60. The monoisotopic (exact) mass is 271 g/mol. The van der Waals surface area contributed by atoms with Crippen molar-refractivity contribution < 1.29 is 8.42 Å². The lowest BCUT2D eigenvalue weighted by molar-refractivity contribution is 0.431. The summed E-state index contributed by atoms with van der Waals surface area (Å²) in [5, 5.41) is 15.0. The molecule has 2 fully saturated rings. The summed E-state index contributed by atoms with van der Waals surface area (Å²) in [4.78, 5) is 0. The molecular formula is C10H17N5O2S. The molecule has 2 heterocycles. The molecule has 1 aliphatic carbocycles. The zero-order chi connectivity index (χ0) is 12.6. The second kappa shape index (κ2) is 4.58. The molecule has 1 aromatic heterocycles. The van der Waals surface area contributed by atoms with Gasteiger partial charge in [-0.05, 0) is 35.6 Å². The summed E-state index contributed by atoms with van der Waals surface area (Å²) in [7, 11) is -2.82. The van der Waals surface area contributed by atoms with Crippen LogP contribution in [0.3, 0.4) is 0 Å². The number of hydrogen-bond donors (Lipinski definition) is 1. The summed E-state index contributed by atoms with van der Waals surface area (Å²) in [5.74, 6) is 1.52. The van der Waals surface area contributed by atoms with E-state index in [9.17, 15) is 8.42 Å². The number of tetrazole rings is 1. The first-order chi connectivity index (χ1) is 8.62. The van der Waals surface area contributed by atoms with Crippen molar-refractivity contribution in [3.8, 4) is 0 Å². The number of nitrogens with zero attached hydrogens (tertiary/aromatic N) is 4.